The molecule has 0 aliphatic carbocycles. The second-order valence-corrected chi connectivity index (χ2v) is 5.16. The monoisotopic (exact) mass is 284 g/mol. The predicted molar refractivity (Wildman–Crippen MR) is 75.8 cm³/mol. The van der Waals surface area contributed by atoms with Crippen LogP contribution in [0.1, 0.15) is 32.1 Å². The molecule has 1 fully saturated rings. The van der Waals surface area contributed by atoms with Crippen molar-refractivity contribution in [2.24, 2.45) is 0 Å². The molecule has 5 nitrogen and oxygen atoms in total. The minimum absolute atomic E-state index is 0.0476. The topological polar surface area (TPSA) is 66.5 Å². The highest BCUT2D eigenvalue weighted by atomic mass is 32.1. The zero-order chi connectivity index (χ0) is 14.3. The Hall–Kier alpha value is -1.30. The standard InChI is InChI=1S/C13H20N2O3S/c1-10-9-11(19)13(18)15(10)7-6-14-12(17)5-3-2-4-8-16/h8,11,19H,1-7,9H2,(H,14,17). The maximum absolute atomic E-state index is 11.7. The zero-order valence-corrected chi connectivity index (χ0v) is 11.8. The molecular formula is C13H20N2O3S. The van der Waals surface area contributed by atoms with Crippen molar-refractivity contribution < 1.29 is 14.4 Å². The second-order valence-electron chi connectivity index (χ2n) is 4.54. The van der Waals surface area contributed by atoms with Gasteiger partial charge < -0.3 is 15.0 Å². The summed E-state index contributed by atoms with van der Waals surface area (Å²) in [5.41, 5.74) is 0.755. The number of aldehydes is 1. The molecular weight excluding hydrogens is 264 g/mol. The first-order valence-corrected chi connectivity index (χ1v) is 6.95. The largest absolute Gasteiger partial charge is 0.354 e. The third kappa shape index (κ3) is 5.06. The molecule has 0 bridgehead atoms. The van der Waals surface area contributed by atoms with E-state index in [-0.39, 0.29) is 17.1 Å². The fraction of sp³-hybridized carbons (Fsp3) is 0.615. The van der Waals surface area contributed by atoms with Crippen LogP contribution in [0.3, 0.4) is 0 Å². The van der Waals surface area contributed by atoms with Gasteiger partial charge in [0.25, 0.3) is 0 Å². The number of likely N-dealkylation sites (tertiary alicyclic amines) is 1. The van der Waals surface area contributed by atoms with Crippen LogP contribution in [0, 0.1) is 0 Å². The number of nitrogens with one attached hydrogen (secondary N) is 1. The van der Waals surface area contributed by atoms with Gasteiger partial charge >= 0.3 is 0 Å². The Kier molecular flexibility index (Phi) is 6.62. The van der Waals surface area contributed by atoms with Crippen molar-refractivity contribution in [3.63, 3.8) is 0 Å². The quantitative estimate of drug-likeness (QED) is 0.395. The van der Waals surface area contributed by atoms with Crippen molar-refractivity contribution >= 4 is 30.7 Å². The number of hydrogen-bond acceptors (Lipinski definition) is 4. The van der Waals surface area contributed by atoms with Crippen LogP contribution in [-0.2, 0) is 14.4 Å². The highest BCUT2D eigenvalue weighted by molar-refractivity contribution is 7.81. The number of carbonyl (C=O) groups excluding carboxylic acids is 3. The van der Waals surface area contributed by atoms with E-state index >= 15 is 0 Å². The molecule has 1 heterocycles. The van der Waals surface area contributed by atoms with E-state index in [0.717, 1.165) is 18.4 Å². The molecule has 0 aromatic heterocycles. The number of carbonyl (C=O) groups is 3. The fourth-order valence-electron chi connectivity index (χ4n) is 1.93. The molecule has 0 spiro atoms. The van der Waals surface area contributed by atoms with Gasteiger partial charge in [0.1, 0.15) is 6.29 Å². The van der Waals surface area contributed by atoms with Gasteiger partial charge in [-0.05, 0) is 12.8 Å². The summed E-state index contributed by atoms with van der Waals surface area (Å²) in [6.45, 7) is 4.67. The summed E-state index contributed by atoms with van der Waals surface area (Å²) in [7, 11) is 0. The molecule has 1 aliphatic rings. The van der Waals surface area contributed by atoms with Crippen molar-refractivity contribution in [3.8, 4) is 0 Å². The maximum Gasteiger partial charge on any atom is 0.240 e. The molecule has 0 aromatic carbocycles. The lowest BCUT2D eigenvalue weighted by Gasteiger charge is -2.17. The van der Waals surface area contributed by atoms with Gasteiger partial charge in [0.2, 0.25) is 11.8 Å². The van der Waals surface area contributed by atoms with Crippen LogP contribution >= 0.6 is 12.6 Å². The summed E-state index contributed by atoms with van der Waals surface area (Å²) in [5, 5.41) is 2.46. The van der Waals surface area contributed by atoms with Crippen LogP contribution < -0.4 is 5.32 Å². The van der Waals surface area contributed by atoms with Crippen molar-refractivity contribution in [1.29, 1.82) is 0 Å². The minimum atomic E-state index is -0.299. The highest BCUT2D eigenvalue weighted by Crippen LogP contribution is 2.24. The van der Waals surface area contributed by atoms with Crippen LogP contribution in [0.25, 0.3) is 0 Å². The van der Waals surface area contributed by atoms with E-state index in [9.17, 15) is 14.4 Å². The van der Waals surface area contributed by atoms with Gasteiger partial charge in [0.15, 0.2) is 0 Å². The average Bonchev–Trinajstić information content (AvgIpc) is 2.61. The Morgan fingerprint density at radius 1 is 1.53 bits per heavy atom. The molecule has 0 radical (unpaired) electrons. The summed E-state index contributed by atoms with van der Waals surface area (Å²) in [5.74, 6) is -0.0980. The summed E-state index contributed by atoms with van der Waals surface area (Å²) in [6, 6.07) is 0. The Bertz CT molecular complexity index is 371. The van der Waals surface area contributed by atoms with E-state index in [0.29, 0.717) is 38.8 Å². The van der Waals surface area contributed by atoms with E-state index < -0.39 is 0 Å². The SMILES string of the molecule is C=C1CC(S)C(=O)N1CCNC(=O)CCCCC=O. The van der Waals surface area contributed by atoms with Crippen LogP contribution in [0.5, 0.6) is 0 Å². The molecule has 1 aliphatic heterocycles. The third-order valence-electron chi connectivity index (χ3n) is 3.00. The molecule has 0 saturated carbocycles. The van der Waals surface area contributed by atoms with Gasteiger partial charge in [0.05, 0.1) is 5.25 Å². The lowest BCUT2D eigenvalue weighted by atomic mass is 10.2. The number of allylic oxidation sites excluding steroid dienone is 1. The molecule has 19 heavy (non-hydrogen) atoms. The van der Waals surface area contributed by atoms with Gasteiger partial charge in [-0.2, -0.15) is 12.6 Å². The first-order valence-electron chi connectivity index (χ1n) is 6.43. The van der Waals surface area contributed by atoms with E-state index in [1.807, 2.05) is 0 Å². The van der Waals surface area contributed by atoms with Crippen LogP contribution in [0.2, 0.25) is 0 Å². The van der Waals surface area contributed by atoms with Crippen molar-refractivity contribution in [1.82, 2.24) is 10.2 Å². The van der Waals surface area contributed by atoms with E-state index in [2.05, 4.69) is 24.5 Å². The fourth-order valence-corrected chi connectivity index (χ4v) is 2.28. The number of rotatable bonds is 8. The second kappa shape index (κ2) is 7.99. The van der Waals surface area contributed by atoms with Crippen molar-refractivity contribution in [2.45, 2.75) is 37.4 Å². The predicted octanol–water partition coefficient (Wildman–Crippen LogP) is 0.906. The van der Waals surface area contributed by atoms with Gasteiger partial charge in [-0.15, -0.1) is 0 Å². The lowest BCUT2D eigenvalue weighted by Crippen LogP contribution is -2.35. The third-order valence-corrected chi connectivity index (χ3v) is 3.40. The molecule has 2 amide bonds. The molecule has 1 unspecified atom stereocenters. The molecule has 6 heteroatoms. The van der Waals surface area contributed by atoms with Crippen LogP contribution in [0.4, 0.5) is 0 Å². The average molecular weight is 284 g/mol. The summed E-state index contributed by atoms with van der Waals surface area (Å²) >= 11 is 4.17. The van der Waals surface area contributed by atoms with Crippen molar-refractivity contribution in [3.05, 3.63) is 12.3 Å². The molecule has 1 saturated heterocycles. The molecule has 1 N–H and O–H groups in total. The molecule has 106 valence electrons. The van der Waals surface area contributed by atoms with Crippen molar-refractivity contribution in [2.75, 3.05) is 13.1 Å². The maximum atomic E-state index is 11.7. The van der Waals surface area contributed by atoms with Gasteiger partial charge in [-0.1, -0.05) is 6.58 Å². The van der Waals surface area contributed by atoms with Gasteiger partial charge in [-0.25, -0.2) is 0 Å². The van der Waals surface area contributed by atoms with Crippen LogP contribution in [-0.4, -0.2) is 41.3 Å². The number of hydrogen-bond donors (Lipinski definition) is 2. The zero-order valence-electron chi connectivity index (χ0n) is 10.9. The normalized spacial score (nSPS) is 18.8. The minimum Gasteiger partial charge on any atom is -0.354 e. The Labute approximate surface area is 118 Å². The lowest BCUT2D eigenvalue weighted by molar-refractivity contribution is -0.127. The summed E-state index contributed by atoms with van der Waals surface area (Å²) in [4.78, 5) is 34.8. The molecule has 0 aromatic rings. The first-order chi connectivity index (χ1) is 9.06. The summed E-state index contributed by atoms with van der Waals surface area (Å²) in [6.07, 6.45) is 3.78. The van der Waals surface area contributed by atoms with E-state index in [1.54, 1.807) is 4.90 Å². The molecule has 1 atom stereocenters. The Morgan fingerprint density at radius 2 is 2.26 bits per heavy atom. The highest BCUT2D eigenvalue weighted by Gasteiger charge is 2.31. The van der Waals surface area contributed by atoms with E-state index in [1.165, 1.54) is 0 Å². The van der Waals surface area contributed by atoms with Gasteiger partial charge in [-0.3, -0.25) is 9.59 Å². The smallest absolute Gasteiger partial charge is 0.240 e. The van der Waals surface area contributed by atoms with E-state index in [4.69, 9.17) is 0 Å². The number of thiol groups is 1. The Balaban J connectivity index is 2.16. The summed E-state index contributed by atoms with van der Waals surface area (Å²) < 4.78 is 0. The van der Waals surface area contributed by atoms with Crippen LogP contribution in [0.15, 0.2) is 12.3 Å². The first kappa shape index (κ1) is 15.8. The Morgan fingerprint density at radius 3 is 2.84 bits per heavy atom. The molecule has 1 rings (SSSR count). The number of amides is 2. The number of unbranched alkanes of at least 4 members (excludes halogenated alkanes) is 2. The number of nitrogens with zero attached hydrogens (tertiary/aromatic N) is 1. The van der Waals surface area contributed by atoms with Gasteiger partial charge in [0, 0.05) is 38.0 Å².